The van der Waals surface area contributed by atoms with E-state index in [4.69, 9.17) is 16.3 Å². The highest BCUT2D eigenvalue weighted by atomic mass is 35.5. The highest BCUT2D eigenvalue weighted by Gasteiger charge is 2.06. The van der Waals surface area contributed by atoms with Gasteiger partial charge in [0.1, 0.15) is 16.7 Å². The molecule has 19 heavy (non-hydrogen) atoms. The first-order chi connectivity index (χ1) is 9.08. The molecule has 0 aliphatic carbocycles. The molecule has 0 unspecified atom stereocenters. The minimum absolute atomic E-state index is 0.477. The number of aryl methyl sites for hydroxylation is 1. The van der Waals surface area contributed by atoms with Crippen molar-refractivity contribution in [3.05, 3.63) is 47.0 Å². The molecular formula is C14H16ClN3O. The summed E-state index contributed by atoms with van der Waals surface area (Å²) in [6, 6.07) is 9.59. The number of ether oxygens (including phenoxy) is 1. The van der Waals surface area contributed by atoms with E-state index in [0.29, 0.717) is 17.5 Å². The summed E-state index contributed by atoms with van der Waals surface area (Å²) in [6.45, 7) is 2.51. The van der Waals surface area contributed by atoms with Crippen molar-refractivity contribution in [2.45, 2.75) is 13.5 Å². The van der Waals surface area contributed by atoms with E-state index < -0.39 is 0 Å². The van der Waals surface area contributed by atoms with Crippen molar-refractivity contribution < 1.29 is 4.74 Å². The van der Waals surface area contributed by atoms with Crippen molar-refractivity contribution >= 4 is 17.3 Å². The van der Waals surface area contributed by atoms with Crippen molar-refractivity contribution in [1.82, 2.24) is 9.97 Å². The third kappa shape index (κ3) is 3.58. The molecule has 0 radical (unpaired) electrons. The van der Waals surface area contributed by atoms with E-state index in [1.165, 1.54) is 0 Å². The minimum Gasteiger partial charge on any atom is -0.497 e. The number of benzene rings is 1. The molecule has 0 aliphatic heterocycles. The van der Waals surface area contributed by atoms with E-state index in [1.54, 1.807) is 13.2 Å². The normalized spacial score (nSPS) is 10.3. The number of halogens is 1. The number of aromatic nitrogens is 2. The van der Waals surface area contributed by atoms with E-state index >= 15 is 0 Å². The highest BCUT2D eigenvalue weighted by Crippen LogP contribution is 2.19. The summed E-state index contributed by atoms with van der Waals surface area (Å²) in [7, 11) is 3.64. The van der Waals surface area contributed by atoms with E-state index in [9.17, 15) is 0 Å². The maximum absolute atomic E-state index is 5.93. The molecule has 4 nitrogen and oxygen atoms in total. The first kappa shape index (κ1) is 13.6. The zero-order chi connectivity index (χ0) is 13.8. The Morgan fingerprint density at radius 3 is 2.47 bits per heavy atom. The maximum atomic E-state index is 5.93. The number of rotatable bonds is 4. The van der Waals surface area contributed by atoms with Crippen LogP contribution in [0.15, 0.2) is 30.3 Å². The summed E-state index contributed by atoms with van der Waals surface area (Å²) in [5.41, 5.74) is 1.94. The molecule has 0 bridgehead atoms. The molecule has 0 saturated carbocycles. The van der Waals surface area contributed by atoms with Crippen LogP contribution in [0, 0.1) is 6.92 Å². The molecule has 1 aromatic heterocycles. The topological polar surface area (TPSA) is 38.2 Å². The molecule has 5 heteroatoms. The van der Waals surface area contributed by atoms with Crippen LogP contribution in [0.3, 0.4) is 0 Å². The molecule has 0 N–H and O–H groups in total. The van der Waals surface area contributed by atoms with E-state index in [1.807, 2.05) is 38.2 Å². The first-order valence-corrected chi connectivity index (χ1v) is 6.31. The Kier molecular flexibility index (Phi) is 4.22. The summed E-state index contributed by atoms with van der Waals surface area (Å²) < 4.78 is 5.14. The number of methoxy groups -OCH3 is 1. The largest absolute Gasteiger partial charge is 0.497 e. The van der Waals surface area contributed by atoms with Gasteiger partial charge in [-0.3, -0.25) is 0 Å². The third-order valence-corrected chi connectivity index (χ3v) is 2.95. The summed E-state index contributed by atoms with van der Waals surface area (Å²) in [4.78, 5) is 10.7. The summed E-state index contributed by atoms with van der Waals surface area (Å²) >= 11 is 5.93. The molecule has 0 spiro atoms. The van der Waals surface area contributed by atoms with Crippen LogP contribution in [0.2, 0.25) is 5.15 Å². The Morgan fingerprint density at radius 1 is 1.21 bits per heavy atom. The average Bonchev–Trinajstić information content (AvgIpc) is 2.37. The van der Waals surface area contributed by atoms with Gasteiger partial charge in [0.25, 0.3) is 0 Å². The van der Waals surface area contributed by atoms with Gasteiger partial charge in [0.2, 0.25) is 0 Å². The van der Waals surface area contributed by atoms with Crippen LogP contribution in [0.4, 0.5) is 5.69 Å². The lowest BCUT2D eigenvalue weighted by atomic mass is 10.3. The Hall–Kier alpha value is -1.81. The molecule has 0 fully saturated rings. The second-order valence-electron chi connectivity index (χ2n) is 4.30. The van der Waals surface area contributed by atoms with Crippen molar-refractivity contribution in [3.8, 4) is 5.75 Å². The van der Waals surface area contributed by atoms with Crippen molar-refractivity contribution in [3.63, 3.8) is 0 Å². The van der Waals surface area contributed by atoms with Gasteiger partial charge in [-0.25, -0.2) is 9.97 Å². The standard InChI is InChI=1S/C14H16ClN3O/c1-10-8-13(15)17-14(16-10)9-18(2)11-4-6-12(19-3)7-5-11/h4-8H,9H2,1-3H3. The van der Waals surface area contributed by atoms with Gasteiger partial charge in [0.05, 0.1) is 13.7 Å². The van der Waals surface area contributed by atoms with Gasteiger partial charge in [0, 0.05) is 18.4 Å². The third-order valence-electron chi connectivity index (χ3n) is 2.76. The van der Waals surface area contributed by atoms with Gasteiger partial charge in [-0.05, 0) is 37.3 Å². The monoisotopic (exact) mass is 277 g/mol. The highest BCUT2D eigenvalue weighted by molar-refractivity contribution is 6.29. The number of hydrogen-bond donors (Lipinski definition) is 0. The average molecular weight is 278 g/mol. The quantitative estimate of drug-likeness (QED) is 0.805. The van der Waals surface area contributed by atoms with Gasteiger partial charge in [0.15, 0.2) is 0 Å². The fourth-order valence-corrected chi connectivity index (χ4v) is 2.06. The van der Waals surface area contributed by atoms with E-state index in [0.717, 1.165) is 17.1 Å². The van der Waals surface area contributed by atoms with Crippen LogP contribution in [-0.2, 0) is 6.54 Å². The molecule has 1 heterocycles. The molecule has 0 amide bonds. The van der Waals surface area contributed by atoms with Gasteiger partial charge >= 0.3 is 0 Å². The Morgan fingerprint density at radius 2 is 1.89 bits per heavy atom. The van der Waals surface area contributed by atoms with Crippen LogP contribution >= 0.6 is 11.6 Å². The molecule has 0 atom stereocenters. The predicted molar refractivity (Wildman–Crippen MR) is 76.9 cm³/mol. The second-order valence-corrected chi connectivity index (χ2v) is 4.69. The summed E-state index contributed by atoms with van der Waals surface area (Å²) in [6.07, 6.45) is 0. The molecular weight excluding hydrogens is 262 g/mol. The van der Waals surface area contributed by atoms with E-state index in [-0.39, 0.29) is 0 Å². The predicted octanol–water partition coefficient (Wildman–Crippen LogP) is 3.08. The fraction of sp³-hybridized carbons (Fsp3) is 0.286. The molecule has 100 valence electrons. The van der Waals surface area contributed by atoms with Crippen molar-refractivity contribution in [1.29, 1.82) is 0 Å². The molecule has 1 aromatic carbocycles. The van der Waals surface area contributed by atoms with Crippen LogP contribution in [-0.4, -0.2) is 24.1 Å². The van der Waals surface area contributed by atoms with Gasteiger partial charge in [-0.1, -0.05) is 11.6 Å². The van der Waals surface area contributed by atoms with Gasteiger partial charge in [-0.15, -0.1) is 0 Å². The lowest BCUT2D eigenvalue weighted by Gasteiger charge is -2.18. The van der Waals surface area contributed by atoms with Gasteiger partial charge < -0.3 is 9.64 Å². The second kappa shape index (κ2) is 5.89. The lowest BCUT2D eigenvalue weighted by molar-refractivity contribution is 0.415. The van der Waals surface area contributed by atoms with Gasteiger partial charge in [-0.2, -0.15) is 0 Å². The smallest absolute Gasteiger partial charge is 0.149 e. The summed E-state index contributed by atoms with van der Waals surface area (Å²) in [5, 5.41) is 0.477. The van der Waals surface area contributed by atoms with Crippen LogP contribution in [0.25, 0.3) is 0 Å². The van der Waals surface area contributed by atoms with Crippen LogP contribution in [0.5, 0.6) is 5.75 Å². The number of hydrogen-bond acceptors (Lipinski definition) is 4. The molecule has 2 aromatic rings. The molecule has 0 aliphatic rings. The van der Waals surface area contributed by atoms with E-state index in [2.05, 4.69) is 14.9 Å². The van der Waals surface area contributed by atoms with Crippen LogP contribution < -0.4 is 9.64 Å². The zero-order valence-corrected chi connectivity index (χ0v) is 12.0. The van der Waals surface area contributed by atoms with Crippen molar-refractivity contribution in [2.24, 2.45) is 0 Å². The first-order valence-electron chi connectivity index (χ1n) is 5.94. The Bertz CT molecular complexity index is 537. The Labute approximate surface area is 118 Å². The Balaban J connectivity index is 2.13. The molecule has 2 rings (SSSR count). The molecule has 0 saturated heterocycles. The SMILES string of the molecule is COc1ccc(N(C)Cc2nc(C)cc(Cl)n2)cc1. The minimum atomic E-state index is 0.477. The zero-order valence-electron chi connectivity index (χ0n) is 11.2. The lowest BCUT2D eigenvalue weighted by Crippen LogP contribution is -2.18. The fourth-order valence-electron chi connectivity index (χ4n) is 1.80. The number of nitrogens with zero attached hydrogens (tertiary/aromatic N) is 3. The summed E-state index contributed by atoms with van der Waals surface area (Å²) in [5.74, 6) is 1.55. The maximum Gasteiger partial charge on any atom is 0.149 e. The number of anilines is 1. The van der Waals surface area contributed by atoms with Crippen LogP contribution in [0.1, 0.15) is 11.5 Å². The van der Waals surface area contributed by atoms with Crippen molar-refractivity contribution in [2.75, 3.05) is 19.1 Å².